The number of ether oxygens (including phenoxy) is 1. The van der Waals surface area contributed by atoms with E-state index >= 15 is 0 Å². The molecule has 1 aromatic carbocycles. The van der Waals surface area contributed by atoms with Gasteiger partial charge in [-0.05, 0) is 43.5 Å². The Morgan fingerprint density at radius 3 is 2.37 bits per heavy atom. The molecule has 0 aliphatic rings. The standard InChI is InChI=1S/C14H21F2NO2/c1-10(7-8-18)9-17-11(2)12-3-5-13(6-4-12)19-14(15)16/h3-6,10-11,14,17-18H,7-9H2,1-2H3. The third kappa shape index (κ3) is 5.98. The van der Waals surface area contributed by atoms with Crippen LogP contribution in [-0.4, -0.2) is 24.9 Å². The first kappa shape index (κ1) is 15.9. The molecule has 0 saturated carbocycles. The van der Waals surface area contributed by atoms with Crippen LogP contribution in [0.25, 0.3) is 0 Å². The molecule has 2 N–H and O–H groups in total. The van der Waals surface area contributed by atoms with Crippen molar-refractivity contribution >= 4 is 0 Å². The van der Waals surface area contributed by atoms with E-state index in [2.05, 4.69) is 17.0 Å². The summed E-state index contributed by atoms with van der Waals surface area (Å²) in [5.74, 6) is 0.563. The van der Waals surface area contributed by atoms with E-state index in [1.165, 1.54) is 12.1 Å². The molecule has 0 aliphatic carbocycles. The van der Waals surface area contributed by atoms with E-state index in [0.29, 0.717) is 5.92 Å². The molecule has 2 atom stereocenters. The van der Waals surface area contributed by atoms with Gasteiger partial charge >= 0.3 is 6.61 Å². The quantitative estimate of drug-likeness (QED) is 0.765. The first-order valence-electron chi connectivity index (χ1n) is 6.42. The van der Waals surface area contributed by atoms with Crippen LogP contribution in [0.3, 0.4) is 0 Å². The average Bonchev–Trinajstić information content (AvgIpc) is 2.36. The van der Waals surface area contributed by atoms with E-state index < -0.39 is 6.61 Å². The van der Waals surface area contributed by atoms with Crippen LogP contribution in [0, 0.1) is 5.92 Å². The van der Waals surface area contributed by atoms with Gasteiger partial charge in [-0.25, -0.2) is 0 Å². The van der Waals surface area contributed by atoms with Crippen LogP contribution < -0.4 is 10.1 Å². The fourth-order valence-electron chi connectivity index (χ4n) is 1.76. The molecule has 0 radical (unpaired) electrons. The van der Waals surface area contributed by atoms with Gasteiger partial charge in [0.1, 0.15) is 5.75 Å². The van der Waals surface area contributed by atoms with Crippen LogP contribution >= 0.6 is 0 Å². The molecule has 0 saturated heterocycles. The van der Waals surface area contributed by atoms with Gasteiger partial charge in [0.05, 0.1) is 0 Å². The second kappa shape index (κ2) is 8.07. The van der Waals surface area contributed by atoms with Gasteiger partial charge in [0.15, 0.2) is 0 Å². The van der Waals surface area contributed by atoms with Gasteiger partial charge in [0.2, 0.25) is 0 Å². The zero-order valence-electron chi connectivity index (χ0n) is 11.3. The van der Waals surface area contributed by atoms with Crippen LogP contribution in [0.4, 0.5) is 8.78 Å². The number of hydrogen-bond acceptors (Lipinski definition) is 3. The van der Waals surface area contributed by atoms with Gasteiger partial charge in [0, 0.05) is 12.6 Å². The number of nitrogens with one attached hydrogen (secondary N) is 1. The Kier molecular flexibility index (Phi) is 6.73. The Morgan fingerprint density at radius 2 is 1.84 bits per heavy atom. The van der Waals surface area contributed by atoms with Gasteiger partial charge in [-0.3, -0.25) is 0 Å². The molecule has 0 bridgehead atoms. The van der Waals surface area contributed by atoms with Crippen LogP contribution in [0.2, 0.25) is 0 Å². The number of benzene rings is 1. The number of aliphatic hydroxyl groups is 1. The summed E-state index contributed by atoms with van der Waals surface area (Å²) >= 11 is 0. The molecule has 1 rings (SSSR count). The van der Waals surface area contributed by atoms with Crippen LogP contribution in [-0.2, 0) is 0 Å². The van der Waals surface area contributed by atoms with Crippen molar-refractivity contribution in [1.29, 1.82) is 0 Å². The summed E-state index contributed by atoms with van der Waals surface area (Å²) in [7, 11) is 0. The normalized spacial score (nSPS) is 14.4. The Hall–Kier alpha value is -1.20. The Balaban J connectivity index is 2.46. The van der Waals surface area contributed by atoms with Gasteiger partial charge in [-0.15, -0.1) is 0 Å². The molecule has 0 amide bonds. The summed E-state index contributed by atoms with van der Waals surface area (Å²) < 4.78 is 28.3. The van der Waals surface area contributed by atoms with Crippen LogP contribution in [0.1, 0.15) is 31.9 Å². The maximum absolute atomic E-state index is 12.0. The lowest BCUT2D eigenvalue weighted by Crippen LogP contribution is -2.25. The summed E-state index contributed by atoms with van der Waals surface area (Å²) in [6.07, 6.45) is 0.765. The first-order valence-corrected chi connectivity index (χ1v) is 6.42. The number of rotatable bonds is 8. The maximum atomic E-state index is 12.0. The SMILES string of the molecule is CC(CCO)CNC(C)c1ccc(OC(F)F)cc1. The van der Waals surface area contributed by atoms with Crippen molar-refractivity contribution in [2.75, 3.05) is 13.2 Å². The van der Waals surface area contributed by atoms with Crippen molar-refractivity contribution in [3.05, 3.63) is 29.8 Å². The highest BCUT2D eigenvalue weighted by atomic mass is 19.3. The molecular weight excluding hydrogens is 252 g/mol. The van der Waals surface area contributed by atoms with E-state index in [0.717, 1.165) is 18.5 Å². The van der Waals surface area contributed by atoms with Gasteiger partial charge in [0.25, 0.3) is 0 Å². The summed E-state index contributed by atoms with van der Waals surface area (Å²) in [5.41, 5.74) is 1.01. The Morgan fingerprint density at radius 1 is 1.21 bits per heavy atom. The first-order chi connectivity index (χ1) is 9.02. The monoisotopic (exact) mass is 273 g/mol. The van der Waals surface area contributed by atoms with Crippen molar-refractivity contribution in [3.63, 3.8) is 0 Å². The van der Waals surface area contributed by atoms with Crippen LogP contribution in [0.15, 0.2) is 24.3 Å². The third-order valence-electron chi connectivity index (χ3n) is 3.00. The molecule has 0 heterocycles. The predicted molar refractivity (Wildman–Crippen MR) is 70.4 cm³/mol. The summed E-state index contributed by atoms with van der Waals surface area (Å²) in [6.45, 7) is 2.28. The van der Waals surface area contributed by atoms with Crippen molar-refractivity contribution in [3.8, 4) is 5.75 Å². The van der Waals surface area contributed by atoms with Gasteiger partial charge in [-0.1, -0.05) is 19.1 Å². The highest BCUT2D eigenvalue weighted by Gasteiger charge is 2.09. The van der Waals surface area contributed by atoms with E-state index in [1.807, 2.05) is 6.92 Å². The van der Waals surface area contributed by atoms with Gasteiger partial charge < -0.3 is 15.2 Å². The molecule has 0 fully saturated rings. The second-order valence-electron chi connectivity index (χ2n) is 4.69. The highest BCUT2D eigenvalue weighted by Crippen LogP contribution is 2.19. The average molecular weight is 273 g/mol. The van der Waals surface area contributed by atoms with Crippen LogP contribution in [0.5, 0.6) is 5.75 Å². The smallest absolute Gasteiger partial charge is 0.387 e. The Labute approximate surface area is 112 Å². The van der Waals surface area contributed by atoms with E-state index in [1.54, 1.807) is 12.1 Å². The lowest BCUT2D eigenvalue weighted by Gasteiger charge is -2.18. The summed E-state index contributed by atoms with van der Waals surface area (Å²) in [6, 6.07) is 6.74. The highest BCUT2D eigenvalue weighted by molar-refractivity contribution is 5.28. The predicted octanol–water partition coefficient (Wildman–Crippen LogP) is 2.96. The fraction of sp³-hybridized carbons (Fsp3) is 0.571. The molecule has 0 aromatic heterocycles. The van der Waals surface area contributed by atoms with E-state index in [9.17, 15) is 8.78 Å². The van der Waals surface area contributed by atoms with E-state index in [-0.39, 0.29) is 18.4 Å². The molecular formula is C14H21F2NO2. The summed E-state index contributed by atoms with van der Waals surface area (Å²) in [5, 5.41) is 12.2. The lowest BCUT2D eigenvalue weighted by atomic mass is 10.1. The zero-order valence-corrected chi connectivity index (χ0v) is 11.3. The van der Waals surface area contributed by atoms with Crippen molar-refractivity contribution in [2.45, 2.75) is 32.9 Å². The molecule has 5 heteroatoms. The van der Waals surface area contributed by atoms with Crippen molar-refractivity contribution < 1.29 is 18.6 Å². The maximum Gasteiger partial charge on any atom is 0.387 e. The number of aliphatic hydroxyl groups excluding tert-OH is 1. The minimum Gasteiger partial charge on any atom is -0.435 e. The number of alkyl halides is 2. The fourth-order valence-corrected chi connectivity index (χ4v) is 1.76. The molecule has 2 unspecified atom stereocenters. The molecule has 0 aliphatic heterocycles. The van der Waals surface area contributed by atoms with Gasteiger partial charge in [-0.2, -0.15) is 8.78 Å². The van der Waals surface area contributed by atoms with E-state index in [4.69, 9.17) is 5.11 Å². The lowest BCUT2D eigenvalue weighted by molar-refractivity contribution is -0.0498. The summed E-state index contributed by atoms with van der Waals surface area (Å²) in [4.78, 5) is 0. The second-order valence-corrected chi connectivity index (χ2v) is 4.69. The molecule has 1 aromatic rings. The largest absolute Gasteiger partial charge is 0.435 e. The minimum atomic E-state index is -2.79. The molecule has 19 heavy (non-hydrogen) atoms. The van der Waals surface area contributed by atoms with Crippen molar-refractivity contribution in [1.82, 2.24) is 5.32 Å². The van der Waals surface area contributed by atoms with Crippen molar-refractivity contribution in [2.24, 2.45) is 5.92 Å². The molecule has 0 spiro atoms. The molecule has 3 nitrogen and oxygen atoms in total. The Bertz CT molecular complexity index is 357. The topological polar surface area (TPSA) is 41.5 Å². The molecule has 108 valence electrons. The zero-order chi connectivity index (χ0) is 14.3. The number of halogens is 2. The third-order valence-corrected chi connectivity index (χ3v) is 3.00. The minimum absolute atomic E-state index is 0.127. The number of hydrogen-bond donors (Lipinski definition) is 2.